The van der Waals surface area contributed by atoms with Crippen LogP contribution in [0.5, 0.6) is 0 Å². The predicted molar refractivity (Wildman–Crippen MR) is 113 cm³/mol. The van der Waals surface area contributed by atoms with E-state index in [1.54, 1.807) is 0 Å². The molecule has 0 atom stereocenters. The SMILES string of the molecule is Cc1ccc(-n2c(SCC(=O)Nc3ccc(F)cc3F)nnc2N2CCCC2)cc1. The van der Waals surface area contributed by atoms with E-state index >= 15 is 0 Å². The van der Waals surface area contributed by atoms with Gasteiger partial charge in [0.2, 0.25) is 11.9 Å². The lowest BCUT2D eigenvalue weighted by Crippen LogP contribution is -2.22. The molecule has 1 fully saturated rings. The van der Waals surface area contributed by atoms with E-state index in [-0.39, 0.29) is 11.4 Å². The van der Waals surface area contributed by atoms with Crippen molar-refractivity contribution in [1.82, 2.24) is 14.8 Å². The zero-order chi connectivity index (χ0) is 21.1. The quantitative estimate of drug-likeness (QED) is 0.596. The molecular weight excluding hydrogens is 408 g/mol. The third kappa shape index (κ3) is 4.46. The van der Waals surface area contributed by atoms with Crippen molar-refractivity contribution in [3.63, 3.8) is 0 Å². The summed E-state index contributed by atoms with van der Waals surface area (Å²) in [4.78, 5) is 14.5. The molecule has 1 aliphatic rings. The Bertz CT molecular complexity index is 1050. The molecule has 3 aromatic rings. The maximum Gasteiger partial charge on any atom is 0.234 e. The molecule has 4 rings (SSSR count). The summed E-state index contributed by atoms with van der Waals surface area (Å²) >= 11 is 1.22. The van der Waals surface area contributed by atoms with Crippen LogP contribution in [0.4, 0.5) is 20.4 Å². The van der Waals surface area contributed by atoms with E-state index in [0.717, 1.165) is 55.3 Å². The lowest BCUT2D eigenvalue weighted by molar-refractivity contribution is -0.113. The van der Waals surface area contributed by atoms with E-state index < -0.39 is 17.5 Å². The molecule has 6 nitrogen and oxygen atoms in total. The number of carbonyl (C=O) groups is 1. The third-order valence-corrected chi connectivity index (χ3v) is 5.76. The fraction of sp³-hybridized carbons (Fsp3) is 0.286. The summed E-state index contributed by atoms with van der Waals surface area (Å²) in [6.07, 6.45) is 2.21. The number of halogens is 2. The zero-order valence-corrected chi connectivity index (χ0v) is 17.3. The van der Waals surface area contributed by atoms with Gasteiger partial charge in [-0.25, -0.2) is 8.78 Å². The fourth-order valence-electron chi connectivity index (χ4n) is 3.30. The van der Waals surface area contributed by atoms with Crippen LogP contribution in [0.15, 0.2) is 47.6 Å². The number of thioether (sulfide) groups is 1. The Morgan fingerprint density at radius 3 is 2.53 bits per heavy atom. The topological polar surface area (TPSA) is 63.1 Å². The molecule has 1 aromatic heterocycles. The van der Waals surface area contributed by atoms with Gasteiger partial charge in [0.25, 0.3) is 0 Å². The summed E-state index contributed by atoms with van der Waals surface area (Å²) in [5.74, 6) is -1.15. The number of aromatic nitrogens is 3. The van der Waals surface area contributed by atoms with Crippen LogP contribution in [0, 0.1) is 18.6 Å². The van der Waals surface area contributed by atoms with Gasteiger partial charge in [-0.2, -0.15) is 0 Å². The highest BCUT2D eigenvalue weighted by Crippen LogP contribution is 2.29. The van der Waals surface area contributed by atoms with Gasteiger partial charge in [-0.15, -0.1) is 10.2 Å². The molecule has 2 heterocycles. The lowest BCUT2D eigenvalue weighted by Gasteiger charge is -2.18. The van der Waals surface area contributed by atoms with Crippen molar-refractivity contribution < 1.29 is 13.6 Å². The summed E-state index contributed by atoms with van der Waals surface area (Å²) in [6, 6.07) is 11.1. The summed E-state index contributed by atoms with van der Waals surface area (Å²) in [6.45, 7) is 3.85. The Balaban J connectivity index is 1.53. The second kappa shape index (κ2) is 8.83. The molecule has 0 saturated carbocycles. The molecule has 1 saturated heterocycles. The zero-order valence-electron chi connectivity index (χ0n) is 16.4. The smallest absolute Gasteiger partial charge is 0.234 e. The third-order valence-electron chi connectivity index (χ3n) is 4.83. The van der Waals surface area contributed by atoms with Crippen molar-refractivity contribution in [1.29, 1.82) is 0 Å². The van der Waals surface area contributed by atoms with Gasteiger partial charge in [0.1, 0.15) is 11.6 Å². The molecule has 30 heavy (non-hydrogen) atoms. The average molecular weight is 429 g/mol. The molecular formula is C21H21F2N5OS. The number of anilines is 2. The number of hydrogen-bond acceptors (Lipinski definition) is 5. The number of nitrogens with zero attached hydrogens (tertiary/aromatic N) is 4. The molecule has 0 aliphatic carbocycles. The van der Waals surface area contributed by atoms with Gasteiger partial charge in [0.05, 0.1) is 17.1 Å². The molecule has 9 heteroatoms. The van der Waals surface area contributed by atoms with Gasteiger partial charge in [0.15, 0.2) is 5.16 Å². The minimum Gasteiger partial charge on any atom is -0.341 e. The molecule has 0 unspecified atom stereocenters. The van der Waals surface area contributed by atoms with Gasteiger partial charge in [0, 0.05) is 19.2 Å². The van der Waals surface area contributed by atoms with Crippen LogP contribution < -0.4 is 10.2 Å². The number of rotatable bonds is 6. The summed E-state index contributed by atoms with van der Waals surface area (Å²) in [5.41, 5.74) is 2.00. The maximum atomic E-state index is 13.8. The van der Waals surface area contributed by atoms with Crippen molar-refractivity contribution in [2.24, 2.45) is 0 Å². The minimum atomic E-state index is -0.813. The van der Waals surface area contributed by atoms with Crippen molar-refractivity contribution in [3.8, 4) is 5.69 Å². The minimum absolute atomic E-state index is 0.0147. The first-order valence-corrected chi connectivity index (χ1v) is 10.6. The van der Waals surface area contributed by atoms with Gasteiger partial charge in [-0.3, -0.25) is 9.36 Å². The first-order valence-electron chi connectivity index (χ1n) is 9.66. The highest BCUT2D eigenvalue weighted by Gasteiger charge is 2.23. The fourth-order valence-corrected chi connectivity index (χ4v) is 4.05. The number of benzene rings is 2. The molecule has 1 amide bonds. The molecule has 1 N–H and O–H groups in total. The molecule has 156 valence electrons. The van der Waals surface area contributed by atoms with Gasteiger partial charge in [-0.1, -0.05) is 29.5 Å². The maximum absolute atomic E-state index is 13.8. The van der Waals surface area contributed by atoms with Crippen LogP contribution in [0.3, 0.4) is 0 Å². The van der Waals surface area contributed by atoms with E-state index in [2.05, 4.69) is 20.4 Å². The van der Waals surface area contributed by atoms with Crippen LogP contribution in [-0.2, 0) is 4.79 Å². The van der Waals surface area contributed by atoms with Crippen molar-refractivity contribution in [2.45, 2.75) is 24.9 Å². The van der Waals surface area contributed by atoms with E-state index in [9.17, 15) is 13.6 Å². The highest BCUT2D eigenvalue weighted by atomic mass is 32.2. The van der Waals surface area contributed by atoms with Crippen molar-refractivity contribution >= 4 is 29.3 Å². The van der Waals surface area contributed by atoms with E-state index in [4.69, 9.17) is 0 Å². The van der Waals surface area contributed by atoms with E-state index in [1.165, 1.54) is 17.8 Å². The summed E-state index contributed by atoms with van der Waals surface area (Å²) in [7, 11) is 0. The van der Waals surface area contributed by atoms with Crippen LogP contribution in [-0.4, -0.2) is 39.5 Å². The van der Waals surface area contributed by atoms with E-state index in [0.29, 0.717) is 5.16 Å². The average Bonchev–Trinajstić information content (AvgIpc) is 3.39. The molecule has 0 spiro atoms. The van der Waals surface area contributed by atoms with Crippen molar-refractivity contribution in [2.75, 3.05) is 29.1 Å². The van der Waals surface area contributed by atoms with Crippen LogP contribution in [0.25, 0.3) is 5.69 Å². The first kappa shape index (κ1) is 20.3. The Hall–Kier alpha value is -2.94. The number of carbonyl (C=O) groups excluding carboxylic acids is 1. The monoisotopic (exact) mass is 429 g/mol. The summed E-state index contributed by atoms with van der Waals surface area (Å²) < 4.78 is 28.8. The summed E-state index contributed by atoms with van der Waals surface area (Å²) in [5, 5.41) is 11.7. The molecule has 0 bridgehead atoms. The van der Waals surface area contributed by atoms with Crippen LogP contribution >= 0.6 is 11.8 Å². The number of hydrogen-bond donors (Lipinski definition) is 1. The standard InChI is InChI=1S/C21H21F2N5OS/c1-14-4-7-16(8-5-14)28-20(27-10-2-3-11-27)25-26-21(28)30-13-19(29)24-18-9-6-15(22)12-17(18)23/h4-9,12H,2-3,10-11,13H2,1H3,(H,24,29). The van der Waals surface area contributed by atoms with E-state index in [1.807, 2.05) is 35.8 Å². The number of nitrogens with one attached hydrogen (secondary N) is 1. The Labute approximate surface area is 177 Å². The Morgan fingerprint density at radius 2 is 1.83 bits per heavy atom. The lowest BCUT2D eigenvalue weighted by atomic mass is 10.2. The first-order chi connectivity index (χ1) is 14.5. The second-order valence-electron chi connectivity index (χ2n) is 7.11. The Kier molecular flexibility index (Phi) is 5.98. The Morgan fingerprint density at radius 1 is 1.10 bits per heavy atom. The predicted octanol–water partition coefficient (Wildman–Crippen LogP) is 4.18. The second-order valence-corrected chi connectivity index (χ2v) is 8.05. The molecule has 2 aromatic carbocycles. The van der Waals surface area contributed by atoms with Crippen molar-refractivity contribution in [3.05, 3.63) is 59.7 Å². The highest BCUT2D eigenvalue weighted by molar-refractivity contribution is 7.99. The molecule has 0 radical (unpaired) electrons. The van der Waals surface area contributed by atoms with Gasteiger partial charge >= 0.3 is 0 Å². The number of aryl methyl sites for hydroxylation is 1. The molecule has 1 aliphatic heterocycles. The van der Waals surface area contributed by atoms with Crippen LogP contribution in [0.2, 0.25) is 0 Å². The number of amides is 1. The normalized spacial score (nSPS) is 13.6. The van der Waals surface area contributed by atoms with Gasteiger partial charge in [-0.05, 0) is 44.0 Å². The van der Waals surface area contributed by atoms with Gasteiger partial charge < -0.3 is 10.2 Å². The van der Waals surface area contributed by atoms with Crippen LogP contribution in [0.1, 0.15) is 18.4 Å². The largest absolute Gasteiger partial charge is 0.341 e.